The number of furan rings is 1. The standard InChI is InChI=1S/C12H7N3O6S/c16-12(8-3-4-10(22-8)15(17)18)20-6-9-13-14-11(21-9)7-2-1-5-19-7/h1-5H,6H2. The average Bonchev–Trinajstić information content (AvgIpc) is 3.23. The Morgan fingerprint density at radius 3 is 2.91 bits per heavy atom. The minimum absolute atomic E-state index is 0.0887. The highest BCUT2D eigenvalue weighted by molar-refractivity contribution is 7.17. The van der Waals surface area contributed by atoms with Crippen molar-refractivity contribution >= 4 is 22.3 Å². The molecule has 10 heteroatoms. The molecule has 0 N–H and O–H groups in total. The Labute approximate surface area is 126 Å². The summed E-state index contributed by atoms with van der Waals surface area (Å²) >= 11 is 0.732. The maximum atomic E-state index is 11.7. The number of thiophene rings is 1. The zero-order valence-corrected chi connectivity index (χ0v) is 11.6. The van der Waals surface area contributed by atoms with Gasteiger partial charge in [0.05, 0.1) is 11.2 Å². The van der Waals surface area contributed by atoms with Crippen LogP contribution in [0.1, 0.15) is 15.6 Å². The van der Waals surface area contributed by atoms with E-state index < -0.39 is 10.9 Å². The molecule has 112 valence electrons. The Kier molecular flexibility index (Phi) is 3.66. The first-order chi connectivity index (χ1) is 10.6. The van der Waals surface area contributed by atoms with Crippen LogP contribution in [0.4, 0.5) is 5.00 Å². The van der Waals surface area contributed by atoms with Crippen LogP contribution in [-0.2, 0) is 11.3 Å². The van der Waals surface area contributed by atoms with Crippen molar-refractivity contribution < 1.29 is 23.3 Å². The van der Waals surface area contributed by atoms with Crippen LogP contribution in [0.3, 0.4) is 0 Å². The summed E-state index contributed by atoms with van der Waals surface area (Å²) in [6, 6.07) is 5.88. The van der Waals surface area contributed by atoms with E-state index in [4.69, 9.17) is 13.6 Å². The van der Waals surface area contributed by atoms with E-state index in [1.54, 1.807) is 12.1 Å². The number of esters is 1. The summed E-state index contributed by atoms with van der Waals surface area (Å²) < 4.78 is 15.3. The summed E-state index contributed by atoms with van der Waals surface area (Å²) in [4.78, 5) is 21.8. The number of hydrogen-bond donors (Lipinski definition) is 0. The molecule has 0 saturated heterocycles. The largest absolute Gasteiger partial charge is 0.459 e. The summed E-state index contributed by atoms with van der Waals surface area (Å²) in [6.45, 7) is -0.238. The van der Waals surface area contributed by atoms with Crippen molar-refractivity contribution in [2.24, 2.45) is 0 Å². The van der Waals surface area contributed by atoms with E-state index in [9.17, 15) is 14.9 Å². The summed E-state index contributed by atoms with van der Waals surface area (Å²) in [7, 11) is 0. The van der Waals surface area contributed by atoms with Crippen molar-refractivity contribution in [3.63, 3.8) is 0 Å². The minimum Gasteiger partial charge on any atom is -0.459 e. The van der Waals surface area contributed by atoms with Crippen LogP contribution in [0.5, 0.6) is 0 Å². The molecule has 22 heavy (non-hydrogen) atoms. The molecule has 3 aromatic rings. The number of hydrogen-bond acceptors (Lipinski definition) is 9. The second-order valence-corrected chi connectivity index (χ2v) is 5.01. The monoisotopic (exact) mass is 321 g/mol. The van der Waals surface area contributed by atoms with Crippen molar-refractivity contribution in [2.75, 3.05) is 0 Å². The van der Waals surface area contributed by atoms with Gasteiger partial charge in [-0.15, -0.1) is 10.2 Å². The summed E-state index contributed by atoms with van der Waals surface area (Å²) in [5, 5.41) is 17.9. The van der Waals surface area contributed by atoms with Crippen molar-refractivity contribution in [2.45, 2.75) is 6.61 Å². The van der Waals surface area contributed by atoms with Gasteiger partial charge in [-0.1, -0.05) is 11.3 Å². The van der Waals surface area contributed by atoms with E-state index in [0.717, 1.165) is 11.3 Å². The van der Waals surface area contributed by atoms with Gasteiger partial charge in [-0.05, 0) is 18.2 Å². The molecule has 3 rings (SSSR count). The average molecular weight is 321 g/mol. The number of nitrogens with zero attached hydrogens (tertiary/aromatic N) is 3. The second-order valence-electron chi connectivity index (χ2n) is 3.95. The molecule has 3 aromatic heterocycles. The smallest absolute Gasteiger partial charge is 0.349 e. The third kappa shape index (κ3) is 2.86. The Hall–Kier alpha value is -3.01. The fourth-order valence-corrected chi connectivity index (χ4v) is 2.26. The molecule has 0 bridgehead atoms. The lowest BCUT2D eigenvalue weighted by Gasteiger charge is -1.98. The normalized spacial score (nSPS) is 10.5. The lowest BCUT2D eigenvalue weighted by Crippen LogP contribution is -2.03. The summed E-state index contributed by atoms with van der Waals surface area (Å²) in [6.07, 6.45) is 1.46. The molecular weight excluding hydrogens is 314 g/mol. The van der Waals surface area contributed by atoms with Crippen molar-refractivity contribution in [3.8, 4) is 11.7 Å². The molecule has 0 fully saturated rings. The van der Waals surface area contributed by atoms with Crippen molar-refractivity contribution in [1.82, 2.24) is 10.2 Å². The first-order valence-corrected chi connectivity index (χ1v) is 6.73. The van der Waals surface area contributed by atoms with E-state index >= 15 is 0 Å². The molecule has 0 atom stereocenters. The number of ether oxygens (including phenoxy) is 1. The quantitative estimate of drug-likeness (QED) is 0.399. The van der Waals surface area contributed by atoms with Crippen molar-refractivity contribution in [3.05, 3.63) is 51.4 Å². The van der Waals surface area contributed by atoms with Crippen LogP contribution in [-0.4, -0.2) is 21.1 Å². The number of carbonyl (C=O) groups excluding carboxylic acids is 1. The van der Waals surface area contributed by atoms with Crippen LogP contribution >= 0.6 is 11.3 Å². The van der Waals surface area contributed by atoms with E-state index in [0.29, 0.717) is 5.76 Å². The molecule has 9 nitrogen and oxygen atoms in total. The zero-order valence-electron chi connectivity index (χ0n) is 10.8. The maximum Gasteiger partial charge on any atom is 0.349 e. The van der Waals surface area contributed by atoms with Gasteiger partial charge >= 0.3 is 11.0 Å². The highest BCUT2D eigenvalue weighted by atomic mass is 32.1. The summed E-state index contributed by atoms with van der Waals surface area (Å²) in [5.74, 6) is -0.0385. The molecule has 0 spiro atoms. The molecule has 0 radical (unpaired) electrons. The van der Waals surface area contributed by atoms with Gasteiger partial charge in [0.1, 0.15) is 4.88 Å². The second kappa shape index (κ2) is 5.77. The first kappa shape index (κ1) is 13.9. The predicted molar refractivity (Wildman–Crippen MR) is 72.1 cm³/mol. The van der Waals surface area contributed by atoms with Crippen LogP contribution in [0.15, 0.2) is 39.4 Å². The van der Waals surface area contributed by atoms with Crippen LogP contribution in [0.25, 0.3) is 11.7 Å². The number of nitro groups is 1. The SMILES string of the molecule is O=C(OCc1nnc(-c2ccco2)o1)c1ccc([N+](=O)[O-])s1. The van der Waals surface area contributed by atoms with Gasteiger partial charge in [-0.25, -0.2) is 4.79 Å². The summed E-state index contributed by atoms with van der Waals surface area (Å²) in [5.41, 5.74) is 0. The predicted octanol–water partition coefficient (Wildman–Crippen LogP) is 2.66. The number of aromatic nitrogens is 2. The molecule has 0 aliphatic carbocycles. The van der Waals surface area contributed by atoms with Gasteiger partial charge in [0.15, 0.2) is 12.4 Å². The molecule has 0 unspecified atom stereocenters. The molecule has 0 aromatic carbocycles. The van der Waals surface area contributed by atoms with Crippen molar-refractivity contribution in [1.29, 1.82) is 0 Å². The van der Waals surface area contributed by atoms with Gasteiger partial charge in [0.2, 0.25) is 0 Å². The van der Waals surface area contributed by atoms with E-state index in [1.165, 1.54) is 18.4 Å². The number of carbonyl (C=O) groups is 1. The van der Waals surface area contributed by atoms with Gasteiger partial charge in [0, 0.05) is 6.07 Å². The third-order valence-corrected chi connectivity index (χ3v) is 3.52. The van der Waals surface area contributed by atoms with Gasteiger partial charge < -0.3 is 13.6 Å². The third-order valence-electron chi connectivity index (χ3n) is 2.50. The fourth-order valence-electron chi connectivity index (χ4n) is 1.55. The van der Waals surface area contributed by atoms with E-state index in [2.05, 4.69) is 10.2 Å². The van der Waals surface area contributed by atoms with Gasteiger partial charge in [-0.3, -0.25) is 10.1 Å². The Balaban J connectivity index is 1.62. The van der Waals surface area contributed by atoms with Gasteiger partial charge in [0.25, 0.3) is 11.8 Å². The van der Waals surface area contributed by atoms with E-state index in [1.807, 2.05) is 0 Å². The maximum absolute atomic E-state index is 11.7. The highest BCUT2D eigenvalue weighted by Gasteiger charge is 2.18. The van der Waals surface area contributed by atoms with Crippen LogP contribution < -0.4 is 0 Å². The topological polar surface area (TPSA) is 122 Å². The molecule has 0 aliphatic rings. The molecule has 3 heterocycles. The van der Waals surface area contributed by atoms with E-state index in [-0.39, 0.29) is 28.3 Å². The lowest BCUT2D eigenvalue weighted by molar-refractivity contribution is -0.380. The minimum atomic E-state index is -0.698. The molecule has 0 amide bonds. The molecule has 0 aliphatic heterocycles. The first-order valence-electron chi connectivity index (χ1n) is 5.91. The van der Waals surface area contributed by atoms with Crippen LogP contribution in [0, 0.1) is 10.1 Å². The Morgan fingerprint density at radius 2 is 2.23 bits per heavy atom. The molecular formula is C12H7N3O6S. The Morgan fingerprint density at radius 1 is 1.36 bits per heavy atom. The van der Waals surface area contributed by atoms with Crippen LogP contribution in [0.2, 0.25) is 0 Å². The molecule has 0 saturated carbocycles. The Bertz CT molecular complexity index is 807. The fraction of sp³-hybridized carbons (Fsp3) is 0.0833. The lowest BCUT2D eigenvalue weighted by atomic mass is 10.4. The zero-order chi connectivity index (χ0) is 15.5. The number of rotatable bonds is 5. The highest BCUT2D eigenvalue weighted by Crippen LogP contribution is 2.25. The van der Waals surface area contributed by atoms with Gasteiger partial charge in [-0.2, -0.15) is 0 Å².